The Morgan fingerprint density at radius 3 is 2.19 bits per heavy atom. The maximum absolute atomic E-state index is 13.7. The van der Waals surface area contributed by atoms with E-state index in [1.54, 1.807) is 50.6 Å². The van der Waals surface area contributed by atoms with Crippen LogP contribution >= 0.6 is 0 Å². The van der Waals surface area contributed by atoms with Gasteiger partial charge in [0.1, 0.15) is 5.82 Å². The molecule has 11 heteroatoms. The summed E-state index contributed by atoms with van der Waals surface area (Å²) >= 11 is 0. The molecule has 214 valence electrons. The van der Waals surface area contributed by atoms with Crippen molar-refractivity contribution in [1.82, 2.24) is 19.4 Å². The van der Waals surface area contributed by atoms with Gasteiger partial charge in [0, 0.05) is 60.6 Å². The number of hydrogen-bond acceptors (Lipinski definition) is 9. The number of methoxy groups -OCH3 is 2. The molecule has 1 saturated heterocycles. The Labute approximate surface area is 241 Å². The smallest absolute Gasteiger partial charge is 0.338 e. The molecule has 42 heavy (non-hydrogen) atoms. The molecule has 1 aliphatic heterocycles. The summed E-state index contributed by atoms with van der Waals surface area (Å²) in [6, 6.07) is 19.6. The van der Waals surface area contributed by atoms with Gasteiger partial charge in [-0.1, -0.05) is 36.4 Å². The number of piperazine rings is 1. The number of carboxylic acids is 1. The number of nitrogens with two attached hydrogens (primary N) is 1. The van der Waals surface area contributed by atoms with Crippen LogP contribution in [0.1, 0.15) is 16.1 Å². The van der Waals surface area contributed by atoms with E-state index in [4.69, 9.17) is 20.2 Å². The van der Waals surface area contributed by atoms with Gasteiger partial charge in [0.05, 0.1) is 31.0 Å². The van der Waals surface area contributed by atoms with Gasteiger partial charge in [0.25, 0.3) is 5.56 Å². The largest absolute Gasteiger partial charge is 0.493 e. The van der Waals surface area contributed by atoms with Crippen molar-refractivity contribution in [2.45, 2.75) is 6.54 Å². The van der Waals surface area contributed by atoms with E-state index in [9.17, 15) is 14.7 Å². The van der Waals surface area contributed by atoms with Crippen molar-refractivity contribution in [3.05, 3.63) is 88.3 Å². The lowest BCUT2D eigenvalue weighted by atomic mass is 10.0. The Balaban J connectivity index is 1.32. The Kier molecular flexibility index (Phi) is 7.09. The average Bonchev–Trinajstić information content (AvgIpc) is 3.01. The number of hydrogen-bond donors (Lipinski definition) is 2. The summed E-state index contributed by atoms with van der Waals surface area (Å²) in [5, 5.41) is 11.8. The first-order valence-corrected chi connectivity index (χ1v) is 13.5. The third-order valence-electron chi connectivity index (χ3n) is 7.66. The summed E-state index contributed by atoms with van der Waals surface area (Å²) in [7, 11) is 3.13. The van der Waals surface area contributed by atoms with Gasteiger partial charge in [0.2, 0.25) is 5.95 Å². The normalized spacial score (nSPS) is 13.9. The molecule has 0 unspecified atom stereocenters. The molecule has 0 bridgehead atoms. The summed E-state index contributed by atoms with van der Waals surface area (Å²) in [6.07, 6.45) is 0. The zero-order chi connectivity index (χ0) is 29.4. The average molecular weight is 567 g/mol. The van der Waals surface area contributed by atoms with Crippen LogP contribution in [0.25, 0.3) is 27.4 Å². The van der Waals surface area contributed by atoms with Crippen LogP contribution in [0.2, 0.25) is 0 Å². The van der Waals surface area contributed by atoms with E-state index in [-0.39, 0.29) is 17.7 Å². The number of fused-ring (bicyclic) bond motifs is 2. The lowest BCUT2D eigenvalue weighted by molar-refractivity contribution is 0.0695. The molecule has 0 amide bonds. The van der Waals surface area contributed by atoms with E-state index >= 15 is 0 Å². The zero-order valence-electron chi connectivity index (χ0n) is 23.3. The SMILES string of the molecule is COc1cc2nc(N3CCN(Cc4c(C(=O)O)c5ccccc5c(=O)n4-c4ccccc4)CC3)nc(N)c2cc1OC. The Morgan fingerprint density at radius 1 is 0.881 bits per heavy atom. The minimum atomic E-state index is -1.07. The molecule has 0 radical (unpaired) electrons. The van der Waals surface area contributed by atoms with Crippen LogP contribution in [-0.4, -0.2) is 70.9 Å². The van der Waals surface area contributed by atoms with Gasteiger partial charge in [-0.15, -0.1) is 0 Å². The molecule has 0 atom stereocenters. The maximum atomic E-state index is 13.7. The summed E-state index contributed by atoms with van der Waals surface area (Å²) in [5.41, 5.74) is 7.91. The molecule has 0 spiro atoms. The first-order chi connectivity index (χ1) is 20.4. The Hall–Kier alpha value is -5.16. The molecule has 3 heterocycles. The lowest BCUT2D eigenvalue weighted by Crippen LogP contribution is -2.47. The number of rotatable bonds is 7. The molecule has 1 aliphatic rings. The number of carbonyl (C=O) groups is 1. The summed E-state index contributed by atoms with van der Waals surface area (Å²) in [5.74, 6) is 0.868. The highest BCUT2D eigenvalue weighted by Gasteiger charge is 2.27. The third kappa shape index (κ3) is 4.73. The van der Waals surface area contributed by atoms with E-state index in [1.165, 1.54) is 4.57 Å². The van der Waals surface area contributed by atoms with Gasteiger partial charge < -0.3 is 25.2 Å². The monoisotopic (exact) mass is 566 g/mol. The summed E-state index contributed by atoms with van der Waals surface area (Å²) < 4.78 is 12.4. The number of aromatic carboxylic acids is 1. The minimum Gasteiger partial charge on any atom is -0.493 e. The van der Waals surface area contributed by atoms with Crippen molar-refractivity contribution in [2.24, 2.45) is 0 Å². The number of aromatic nitrogens is 3. The molecule has 0 saturated carbocycles. The topological polar surface area (TPSA) is 136 Å². The highest BCUT2D eigenvalue weighted by atomic mass is 16.5. The van der Waals surface area contributed by atoms with Gasteiger partial charge in [-0.2, -0.15) is 4.98 Å². The van der Waals surface area contributed by atoms with Gasteiger partial charge in [0.15, 0.2) is 11.5 Å². The van der Waals surface area contributed by atoms with Gasteiger partial charge in [-0.25, -0.2) is 9.78 Å². The van der Waals surface area contributed by atoms with Gasteiger partial charge in [-0.05, 0) is 24.3 Å². The predicted molar refractivity (Wildman–Crippen MR) is 161 cm³/mol. The van der Waals surface area contributed by atoms with Crippen molar-refractivity contribution in [3.8, 4) is 17.2 Å². The molecule has 5 aromatic rings. The Bertz CT molecular complexity index is 1870. The molecule has 6 rings (SSSR count). The predicted octanol–water partition coefficient (Wildman–Crippen LogP) is 3.55. The molecule has 11 nitrogen and oxygen atoms in total. The van der Waals surface area contributed by atoms with Crippen LogP contribution in [0, 0.1) is 0 Å². The van der Waals surface area contributed by atoms with Crippen molar-refractivity contribution < 1.29 is 19.4 Å². The van der Waals surface area contributed by atoms with E-state index in [0.717, 1.165) is 0 Å². The molecule has 3 N–H and O–H groups in total. The quantitative estimate of drug-likeness (QED) is 0.301. The fourth-order valence-corrected chi connectivity index (χ4v) is 5.56. The molecule has 0 aliphatic carbocycles. The van der Waals surface area contributed by atoms with Gasteiger partial charge >= 0.3 is 5.97 Å². The highest BCUT2D eigenvalue weighted by molar-refractivity contribution is 6.04. The molecular weight excluding hydrogens is 536 g/mol. The number of benzene rings is 3. The van der Waals surface area contributed by atoms with Crippen LogP contribution in [-0.2, 0) is 6.54 Å². The summed E-state index contributed by atoms with van der Waals surface area (Å²) in [6.45, 7) is 2.65. The standard InChI is InChI=1S/C31H30N6O5/c1-41-25-16-22-23(17-26(25)42-2)33-31(34-28(22)32)36-14-12-35(13-15-36)18-24-27(30(39)40)20-10-6-7-11-21(20)29(38)37(24)19-8-4-3-5-9-19/h3-11,16-17H,12-15,18H2,1-2H3,(H,39,40)(H2,32,33,34). The zero-order valence-corrected chi connectivity index (χ0v) is 23.3. The second kappa shape index (κ2) is 11.0. The lowest BCUT2D eigenvalue weighted by Gasteiger charge is -2.35. The number of carboxylic acid groups (broad SMARTS) is 1. The van der Waals surface area contributed by atoms with Crippen LogP contribution in [0.5, 0.6) is 11.5 Å². The van der Waals surface area contributed by atoms with E-state index in [2.05, 4.69) is 9.88 Å². The van der Waals surface area contributed by atoms with Crippen LogP contribution in [0.15, 0.2) is 71.5 Å². The molecule has 2 aromatic heterocycles. The second-order valence-corrected chi connectivity index (χ2v) is 10.0. The van der Waals surface area contributed by atoms with Gasteiger partial charge in [-0.3, -0.25) is 14.3 Å². The highest BCUT2D eigenvalue weighted by Crippen LogP contribution is 2.34. The molecule has 1 fully saturated rings. The fraction of sp³-hybridized carbons (Fsp3) is 0.226. The van der Waals surface area contributed by atoms with Crippen LogP contribution < -0.4 is 25.7 Å². The number of pyridine rings is 1. The number of para-hydroxylation sites is 1. The van der Waals surface area contributed by atoms with Crippen molar-refractivity contribution >= 4 is 39.4 Å². The van der Waals surface area contributed by atoms with Crippen molar-refractivity contribution in [3.63, 3.8) is 0 Å². The van der Waals surface area contributed by atoms with Crippen molar-refractivity contribution in [2.75, 3.05) is 51.0 Å². The molecule has 3 aromatic carbocycles. The third-order valence-corrected chi connectivity index (χ3v) is 7.66. The van der Waals surface area contributed by atoms with Crippen LogP contribution in [0.3, 0.4) is 0 Å². The number of anilines is 2. The number of nitrogens with zero attached hydrogens (tertiary/aromatic N) is 5. The van der Waals surface area contributed by atoms with Crippen LogP contribution in [0.4, 0.5) is 11.8 Å². The number of ether oxygens (including phenoxy) is 2. The summed E-state index contributed by atoms with van der Waals surface area (Å²) in [4.78, 5) is 39.9. The van der Waals surface area contributed by atoms with E-state index in [1.807, 2.05) is 35.2 Å². The van der Waals surface area contributed by atoms with Crippen molar-refractivity contribution in [1.29, 1.82) is 0 Å². The minimum absolute atomic E-state index is 0.131. The van der Waals surface area contributed by atoms with E-state index in [0.29, 0.717) is 82.5 Å². The van der Waals surface area contributed by atoms with E-state index < -0.39 is 5.97 Å². The molecular formula is C31H30N6O5. The first kappa shape index (κ1) is 27.0. The fourth-order valence-electron chi connectivity index (χ4n) is 5.56. The number of nitrogen functional groups attached to an aromatic ring is 1. The second-order valence-electron chi connectivity index (χ2n) is 10.0. The maximum Gasteiger partial charge on any atom is 0.338 e. The Morgan fingerprint density at radius 2 is 1.52 bits per heavy atom. The first-order valence-electron chi connectivity index (χ1n) is 13.5.